The maximum absolute atomic E-state index is 13.9. The molecule has 0 saturated heterocycles. The lowest BCUT2D eigenvalue weighted by Gasteiger charge is -2.47. The second-order valence-electron chi connectivity index (χ2n) is 11.3. The third-order valence-electron chi connectivity index (χ3n) is 6.88. The first-order valence-corrected chi connectivity index (χ1v) is 12.8. The topological polar surface area (TPSA) is 71.5 Å². The van der Waals surface area contributed by atoms with Gasteiger partial charge in [-0.3, -0.25) is 4.90 Å². The molecule has 1 fully saturated rings. The van der Waals surface area contributed by atoms with Gasteiger partial charge in [-0.05, 0) is 67.7 Å². The van der Waals surface area contributed by atoms with E-state index in [1.54, 1.807) is 6.20 Å². The van der Waals surface area contributed by atoms with E-state index in [2.05, 4.69) is 35.8 Å². The van der Waals surface area contributed by atoms with Crippen LogP contribution in [0.3, 0.4) is 0 Å². The molecule has 0 spiro atoms. The summed E-state index contributed by atoms with van der Waals surface area (Å²) in [5, 5.41) is 3.73. The number of nitrogens with one attached hydrogen (secondary N) is 1. The number of halogens is 3. The van der Waals surface area contributed by atoms with Crippen LogP contribution in [0.5, 0.6) is 0 Å². The Hall–Kier alpha value is -2.74. The number of allylic oxidation sites excluding steroid dienone is 3. The Kier molecular flexibility index (Phi) is 8.52. The lowest BCUT2D eigenvalue weighted by molar-refractivity contribution is -0.102. The molecule has 1 aromatic heterocycles. The Labute approximate surface area is 222 Å². The molecule has 1 aromatic rings. The molecule has 2 heterocycles. The maximum Gasteiger partial charge on any atom is 0.339 e. The number of esters is 1. The van der Waals surface area contributed by atoms with Crippen LogP contribution in [-0.4, -0.2) is 35.6 Å². The van der Waals surface area contributed by atoms with Gasteiger partial charge in [-0.2, -0.15) is 0 Å². The summed E-state index contributed by atoms with van der Waals surface area (Å²) < 4.78 is 32.4. The normalized spacial score (nSPS) is 22.8. The molecule has 0 radical (unpaired) electrons. The van der Waals surface area contributed by atoms with Crippen molar-refractivity contribution < 1.29 is 23.1 Å². The summed E-state index contributed by atoms with van der Waals surface area (Å²) in [4.78, 5) is 30.4. The van der Waals surface area contributed by atoms with E-state index in [4.69, 9.17) is 11.6 Å². The summed E-state index contributed by atoms with van der Waals surface area (Å²) in [7, 11) is 1.27. The van der Waals surface area contributed by atoms with Crippen molar-refractivity contribution in [2.24, 2.45) is 11.3 Å². The molecule has 37 heavy (non-hydrogen) atoms. The molecule has 1 aliphatic heterocycles. The molecule has 0 aromatic carbocycles. The van der Waals surface area contributed by atoms with Crippen molar-refractivity contribution >= 4 is 29.4 Å². The van der Waals surface area contributed by atoms with Crippen molar-refractivity contribution in [1.29, 1.82) is 0 Å². The smallest absolute Gasteiger partial charge is 0.339 e. The van der Waals surface area contributed by atoms with Crippen LogP contribution in [0.25, 0.3) is 0 Å². The molecular weight excluding hydrogens is 500 g/mol. The van der Waals surface area contributed by atoms with E-state index in [-0.39, 0.29) is 35.6 Å². The average Bonchev–Trinajstić information content (AvgIpc) is 2.78. The number of rotatable bonds is 8. The van der Waals surface area contributed by atoms with E-state index in [0.717, 1.165) is 18.4 Å². The largest absolute Gasteiger partial charge is 0.465 e. The molecule has 202 valence electrons. The second kappa shape index (κ2) is 10.9. The lowest BCUT2D eigenvalue weighted by Crippen LogP contribution is -2.58. The summed E-state index contributed by atoms with van der Waals surface area (Å²) in [5.41, 5.74) is 1.27. The Bertz CT molecular complexity index is 1110. The van der Waals surface area contributed by atoms with Crippen LogP contribution in [0.15, 0.2) is 52.9 Å². The van der Waals surface area contributed by atoms with Crippen molar-refractivity contribution in [2.45, 2.75) is 78.2 Å². The molecule has 9 heteroatoms. The first-order valence-electron chi connectivity index (χ1n) is 12.4. The van der Waals surface area contributed by atoms with E-state index in [1.807, 2.05) is 26.0 Å². The predicted octanol–water partition coefficient (Wildman–Crippen LogP) is 7.37. The third-order valence-corrected chi connectivity index (χ3v) is 7.13. The predicted molar refractivity (Wildman–Crippen MR) is 142 cm³/mol. The van der Waals surface area contributed by atoms with Crippen LogP contribution in [0.2, 0.25) is 0 Å². The van der Waals surface area contributed by atoms with Crippen LogP contribution >= 0.6 is 11.6 Å². The fourth-order valence-electron chi connectivity index (χ4n) is 4.57. The summed E-state index contributed by atoms with van der Waals surface area (Å²) in [6.07, 6.45) is 8.51. The number of carbonyl (C=O) groups is 2. The SMILES string of the molecule is COC(=O)c1ccc(N2C=C(C3CC(F)(F)C3)[C@](C)(C/C=C\C(CCC(C)(C)C)=C(/C)Cl)NC2=O)nc1. The van der Waals surface area contributed by atoms with Crippen LogP contribution in [0, 0.1) is 11.3 Å². The number of amides is 2. The Balaban J connectivity index is 1.88. The summed E-state index contributed by atoms with van der Waals surface area (Å²) in [6, 6.07) is 2.59. The molecule has 0 unspecified atom stereocenters. The van der Waals surface area contributed by atoms with E-state index in [0.29, 0.717) is 17.0 Å². The molecule has 2 amide bonds. The third kappa shape index (κ3) is 7.18. The van der Waals surface area contributed by atoms with Crippen molar-refractivity contribution in [3.8, 4) is 0 Å². The molecule has 1 saturated carbocycles. The van der Waals surface area contributed by atoms with Gasteiger partial charge in [-0.1, -0.05) is 44.5 Å². The number of urea groups is 1. The number of carbonyl (C=O) groups excluding carboxylic acids is 2. The van der Waals surface area contributed by atoms with Crippen LogP contribution in [-0.2, 0) is 4.74 Å². The Morgan fingerprint density at radius 3 is 2.51 bits per heavy atom. The number of hydrogen-bond donors (Lipinski definition) is 1. The number of alkyl halides is 2. The van der Waals surface area contributed by atoms with E-state index >= 15 is 0 Å². The Morgan fingerprint density at radius 1 is 1.32 bits per heavy atom. The lowest BCUT2D eigenvalue weighted by atomic mass is 9.69. The first-order chi connectivity index (χ1) is 17.1. The van der Waals surface area contributed by atoms with Gasteiger partial charge >= 0.3 is 12.0 Å². The highest BCUT2D eigenvalue weighted by Crippen LogP contribution is 2.50. The van der Waals surface area contributed by atoms with Gasteiger partial charge < -0.3 is 10.1 Å². The van der Waals surface area contributed by atoms with Crippen molar-refractivity contribution in [3.63, 3.8) is 0 Å². The molecule has 3 rings (SSSR count). The highest BCUT2D eigenvalue weighted by Gasteiger charge is 2.52. The average molecular weight is 536 g/mol. The molecule has 6 nitrogen and oxygen atoms in total. The molecule has 1 N–H and O–H groups in total. The van der Waals surface area contributed by atoms with E-state index in [9.17, 15) is 18.4 Å². The van der Waals surface area contributed by atoms with Crippen molar-refractivity contribution in [1.82, 2.24) is 10.3 Å². The first kappa shape index (κ1) is 28.8. The zero-order valence-corrected chi connectivity index (χ0v) is 23.1. The summed E-state index contributed by atoms with van der Waals surface area (Å²) in [6.45, 7) is 10.2. The molecule has 2 aliphatic rings. The minimum Gasteiger partial charge on any atom is -0.465 e. The number of methoxy groups -OCH3 is 1. The molecular formula is C28H36ClF2N3O3. The Morgan fingerprint density at radius 2 is 2.00 bits per heavy atom. The van der Waals surface area contributed by atoms with Gasteiger partial charge in [0.1, 0.15) is 5.82 Å². The zero-order chi connectivity index (χ0) is 27.6. The fourth-order valence-corrected chi connectivity index (χ4v) is 4.73. The zero-order valence-electron chi connectivity index (χ0n) is 22.3. The second-order valence-corrected chi connectivity index (χ2v) is 11.9. The number of pyridine rings is 1. The van der Waals surface area contributed by atoms with Crippen LogP contribution in [0.4, 0.5) is 19.4 Å². The van der Waals surface area contributed by atoms with Crippen LogP contribution < -0.4 is 10.2 Å². The van der Waals surface area contributed by atoms with E-state index < -0.39 is 23.5 Å². The van der Waals surface area contributed by atoms with Crippen LogP contribution in [0.1, 0.15) is 77.1 Å². The summed E-state index contributed by atoms with van der Waals surface area (Å²) >= 11 is 6.34. The monoisotopic (exact) mass is 535 g/mol. The quantitative estimate of drug-likeness (QED) is 0.278. The summed E-state index contributed by atoms with van der Waals surface area (Å²) in [5.74, 6) is -3.36. The van der Waals surface area contributed by atoms with Gasteiger partial charge in [0.15, 0.2) is 0 Å². The van der Waals surface area contributed by atoms with Gasteiger partial charge in [-0.25, -0.2) is 23.4 Å². The fraction of sp³-hybridized carbons (Fsp3) is 0.536. The van der Waals surface area contributed by atoms with Gasteiger partial charge in [0.2, 0.25) is 5.92 Å². The minimum absolute atomic E-state index is 0.159. The van der Waals surface area contributed by atoms with Crippen molar-refractivity contribution in [2.75, 3.05) is 12.0 Å². The molecule has 1 aliphatic carbocycles. The number of hydrogen-bond acceptors (Lipinski definition) is 4. The number of nitrogens with zero attached hydrogens (tertiary/aromatic N) is 2. The highest BCUT2D eigenvalue weighted by molar-refractivity contribution is 6.29. The standard InChI is InChI=1S/C28H36ClF2N3O3/c1-18(29)19(11-13-26(2,3)4)8-7-12-27(5)22(21-14-28(30,31)15-21)17-34(25(36)33-27)23-10-9-20(16-32-23)24(35)37-6/h7-10,16-17,21H,11-15H2,1-6H3,(H,33,36)/b8-7-,19-18-/t27-/m0/s1. The number of ether oxygens (including phenoxy) is 1. The van der Waals surface area contributed by atoms with Crippen molar-refractivity contribution in [3.05, 3.63) is 58.4 Å². The van der Waals surface area contributed by atoms with Gasteiger partial charge in [0.25, 0.3) is 0 Å². The minimum atomic E-state index is -2.71. The molecule has 0 bridgehead atoms. The van der Waals surface area contributed by atoms with E-state index in [1.165, 1.54) is 30.3 Å². The molecule has 1 atom stereocenters. The van der Waals surface area contributed by atoms with Gasteiger partial charge in [0.05, 0.1) is 18.2 Å². The van der Waals surface area contributed by atoms with Gasteiger partial charge in [-0.15, -0.1) is 0 Å². The van der Waals surface area contributed by atoms with Gasteiger partial charge in [0, 0.05) is 30.3 Å². The maximum atomic E-state index is 13.9. The highest BCUT2D eigenvalue weighted by atomic mass is 35.5. The number of anilines is 1. The number of aromatic nitrogens is 1.